The quantitative estimate of drug-likeness (QED) is 0.534. The number of carbonyl (C=O) groups is 2. The average Bonchev–Trinajstić information content (AvgIpc) is 2.67. The van der Waals surface area contributed by atoms with Crippen molar-refractivity contribution in [3.05, 3.63) is 71.5 Å². The number of aryl methyl sites for hydroxylation is 1. The normalized spacial score (nSPS) is 11.0. The van der Waals surface area contributed by atoms with Gasteiger partial charge in [-0.15, -0.1) is 0 Å². The highest BCUT2D eigenvalue weighted by atomic mass is 16.4. The predicted molar refractivity (Wildman–Crippen MR) is 101 cm³/mol. The molecule has 0 amide bonds. The molecule has 6 nitrogen and oxygen atoms in total. The van der Waals surface area contributed by atoms with Crippen molar-refractivity contribution in [2.75, 3.05) is 0 Å². The van der Waals surface area contributed by atoms with Crippen molar-refractivity contribution in [1.29, 1.82) is 0 Å². The fourth-order valence-electron chi connectivity index (χ4n) is 3.08. The van der Waals surface area contributed by atoms with Crippen molar-refractivity contribution >= 4 is 33.7 Å². The largest absolute Gasteiger partial charge is 0.477 e. The van der Waals surface area contributed by atoms with E-state index in [1.54, 1.807) is 12.1 Å². The molecule has 2 aromatic heterocycles. The summed E-state index contributed by atoms with van der Waals surface area (Å²) in [6.45, 7) is 2.00. The van der Waals surface area contributed by atoms with Gasteiger partial charge < -0.3 is 10.2 Å². The Morgan fingerprint density at radius 3 is 2.00 bits per heavy atom. The third-order valence-corrected chi connectivity index (χ3v) is 4.44. The Bertz CT molecular complexity index is 1230. The molecular formula is C21H14N2O4. The molecule has 0 atom stereocenters. The summed E-state index contributed by atoms with van der Waals surface area (Å²) >= 11 is 0. The van der Waals surface area contributed by atoms with Crippen molar-refractivity contribution in [2.45, 2.75) is 6.92 Å². The third kappa shape index (κ3) is 2.87. The molecule has 2 N–H and O–H groups in total. The number of rotatable bonds is 3. The van der Waals surface area contributed by atoms with E-state index in [1.165, 1.54) is 12.1 Å². The Balaban J connectivity index is 2.12. The molecule has 6 heteroatoms. The van der Waals surface area contributed by atoms with E-state index in [9.17, 15) is 19.8 Å². The molecule has 2 heterocycles. The second kappa shape index (κ2) is 6.17. The van der Waals surface area contributed by atoms with Crippen LogP contribution >= 0.6 is 0 Å². The zero-order valence-electron chi connectivity index (χ0n) is 14.3. The van der Waals surface area contributed by atoms with Crippen LogP contribution in [0.15, 0.2) is 54.6 Å². The molecule has 27 heavy (non-hydrogen) atoms. The second-order valence-electron chi connectivity index (χ2n) is 6.26. The average molecular weight is 358 g/mol. The summed E-state index contributed by atoms with van der Waals surface area (Å²) in [6.07, 6.45) is 0. The lowest BCUT2D eigenvalue weighted by molar-refractivity contribution is 0.0680. The van der Waals surface area contributed by atoms with Crippen LogP contribution < -0.4 is 0 Å². The lowest BCUT2D eigenvalue weighted by Gasteiger charge is -2.11. The Morgan fingerprint density at radius 2 is 1.37 bits per heavy atom. The highest BCUT2D eigenvalue weighted by Crippen LogP contribution is 2.33. The first-order chi connectivity index (χ1) is 12.9. The maximum Gasteiger partial charge on any atom is 0.354 e. The molecule has 0 aliphatic rings. The van der Waals surface area contributed by atoms with E-state index >= 15 is 0 Å². The van der Waals surface area contributed by atoms with Gasteiger partial charge in [-0.05, 0) is 42.3 Å². The molecule has 0 saturated heterocycles. The van der Waals surface area contributed by atoms with E-state index in [0.29, 0.717) is 21.8 Å². The second-order valence-corrected chi connectivity index (χ2v) is 6.26. The SMILES string of the molecule is Cc1ccc(-c2cc3ccc(C(=O)O)nc3c3nc(C(=O)O)ccc23)cc1. The maximum atomic E-state index is 11.4. The standard InChI is InChI=1S/C21H14N2O4/c1-11-2-4-12(5-3-11)15-10-13-6-8-16(20(24)25)22-18(13)19-14(15)7-9-17(23-19)21(26)27/h2-10H,1H3,(H,24,25)(H,26,27). The van der Waals surface area contributed by atoms with Crippen molar-refractivity contribution in [3.63, 3.8) is 0 Å². The van der Waals surface area contributed by atoms with Gasteiger partial charge in [0.25, 0.3) is 0 Å². The lowest BCUT2D eigenvalue weighted by atomic mass is 9.96. The van der Waals surface area contributed by atoms with E-state index in [2.05, 4.69) is 9.97 Å². The Hall–Kier alpha value is -3.80. The molecule has 0 spiro atoms. The molecular weight excluding hydrogens is 344 g/mol. The maximum absolute atomic E-state index is 11.4. The fraction of sp³-hybridized carbons (Fsp3) is 0.0476. The summed E-state index contributed by atoms with van der Waals surface area (Å²) in [7, 11) is 0. The molecule has 132 valence electrons. The summed E-state index contributed by atoms with van der Waals surface area (Å²) in [6, 6.07) is 16.1. The number of fused-ring (bicyclic) bond motifs is 3. The number of aromatic nitrogens is 2. The Labute approximate surface area is 153 Å². The van der Waals surface area contributed by atoms with Gasteiger partial charge >= 0.3 is 11.9 Å². The first kappa shape index (κ1) is 16.7. The summed E-state index contributed by atoms with van der Waals surface area (Å²) in [5.74, 6) is -2.30. The minimum absolute atomic E-state index is 0.116. The zero-order valence-corrected chi connectivity index (χ0v) is 14.3. The predicted octanol–water partition coefficient (Wildman–Crippen LogP) is 4.15. The van der Waals surface area contributed by atoms with Gasteiger partial charge in [0.2, 0.25) is 0 Å². The van der Waals surface area contributed by atoms with Gasteiger partial charge in [-0.2, -0.15) is 0 Å². The monoisotopic (exact) mass is 358 g/mol. The third-order valence-electron chi connectivity index (χ3n) is 4.44. The van der Waals surface area contributed by atoms with Crippen LogP contribution in [0.3, 0.4) is 0 Å². The van der Waals surface area contributed by atoms with Gasteiger partial charge in [-0.3, -0.25) is 0 Å². The molecule has 0 radical (unpaired) electrons. The fourth-order valence-corrected chi connectivity index (χ4v) is 3.08. The van der Waals surface area contributed by atoms with E-state index in [4.69, 9.17) is 0 Å². The van der Waals surface area contributed by atoms with Crippen LogP contribution in [0.4, 0.5) is 0 Å². The summed E-state index contributed by atoms with van der Waals surface area (Å²) in [5, 5.41) is 19.9. The van der Waals surface area contributed by atoms with Crippen LogP contribution in [0, 0.1) is 6.92 Å². The van der Waals surface area contributed by atoms with Crippen molar-refractivity contribution in [3.8, 4) is 11.1 Å². The minimum Gasteiger partial charge on any atom is -0.477 e. The topological polar surface area (TPSA) is 100 Å². The number of nitrogens with zero attached hydrogens (tertiary/aromatic N) is 2. The molecule has 0 bridgehead atoms. The summed E-state index contributed by atoms with van der Waals surface area (Å²) < 4.78 is 0. The van der Waals surface area contributed by atoms with Crippen LogP contribution in [0.2, 0.25) is 0 Å². The van der Waals surface area contributed by atoms with Crippen LogP contribution in [0.25, 0.3) is 32.9 Å². The van der Waals surface area contributed by atoms with E-state index in [-0.39, 0.29) is 11.4 Å². The molecule has 0 aliphatic carbocycles. The van der Waals surface area contributed by atoms with E-state index in [1.807, 2.05) is 37.3 Å². The molecule has 0 unspecified atom stereocenters. The number of hydrogen-bond acceptors (Lipinski definition) is 4. The highest BCUT2D eigenvalue weighted by Gasteiger charge is 2.15. The van der Waals surface area contributed by atoms with Gasteiger partial charge in [0.05, 0.1) is 11.0 Å². The smallest absolute Gasteiger partial charge is 0.354 e. The van der Waals surface area contributed by atoms with Gasteiger partial charge in [-0.25, -0.2) is 19.6 Å². The lowest BCUT2D eigenvalue weighted by Crippen LogP contribution is -2.03. The first-order valence-electron chi connectivity index (χ1n) is 8.22. The number of aromatic carboxylic acids is 2. The van der Waals surface area contributed by atoms with Crippen LogP contribution in [-0.4, -0.2) is 32.1 Å². The van der Waals surface area contributed by atoms with Gasteiger partial charge in [0, 0.05) is 10.8 Å². The Morgan fingerprint density at radius 1 is 0.778 bits per heavy atom. The van der Waals surface area contributed by atoms with E-state index in [0.717, 1.165) is 16.7 Å². The number of benzene rings is 2. The molecule has 0 fully saturated rings. The number of carboxylic acid groups (broad SMARTS) is 2. The van der Waals surface area contributed by atoms with Gasteiger partial charge in [0.15, 0.2) is 0 Å². The van der Waals surface area contributed by atoms with Gasteiger partial charge in [0.1, 0.15) is 11.4 Å². The van der Waals surface area contributed by atoms with Crippen LogP contribution in [-0.2, 0) is 0 Å². The van der Waals surface area contributed by atoms with Crippen molar-refractivity contribution in [2.24, 2.45) is 0 Å². The van der Waals surface area contributed by atoms with Crippen molar-refractivity contribution < 1.29 is 19.8 Å². The highest BCUT2D eigenvalue weighted by molar-refractivity contribution is 6.11. The van der Waals surface area contributed by atoms with Gasteiger partial charge in [-0.1, -0.05) is 35.9 Å². The zero-order chi connectivity index (χ0) is 19.1. The molecule has 4 rings (SSSR count). The van der Waals surface area contributed by atoms with Crippen molar-refractivity contribution in [1.82, 2.24) is 9.97 Å². The molecule has 0 aliphatic heterocycles. The van der Waals surface area contributed by atoms with Crippen LogP contribution in [0.5, 0.6) is 0 Å². The van der Waals surface area contributed by atoms with E-state index < -0.39 is 11.9 Å². The minimum atomic E-state index is -1.15. The Kier molecular flexibility index (Phi) is 3.81. The summed E-state index contributed by atoms with van der Waals surface area (Å²) in [4.78, 5) is 31.1. The number of pyridine rings is 2. The first-order valence-corrected chi connectivity index (χ1v) is 8.22. The summed E-state index contributed by atoms with van der Waals surface area (Å²) in [5.41, 5.74) is 3.46. The molecule has 2 aromatic carbocycles. The molecule has 0 saturated carbocycles. The number of carboxylic acids is 2. The number of hydrogen-bond donors (Lipinski definition) is 2. The van der Waals surface area contributed by atoms with Crippen LogP contribution in [0.1, 0.15) is 26.5 Å². The molecule has 4 aromatic rings.